The van der Waals surface area contributed by atoms with Crippen LogP contribution in [0.15, 0.2) is 30.3 Å². The van der Waals surface area contributed by atoms with E-state index in [1.165, 1.54) is 31.5 Å². The molecule has 3 rings (SSSR count). The number of benzene rings is 1. The molecule has 16 heavy (non-hydrogen) atoms. The Bertz CT molecular complexity index is 349. The summed E-state index contributed by atoms with van der Waals surface area (Å²) in [6.07, 6.45) is 2.59. The van der Waals surface area contributed by atoms with Gasteiger partial charge in [-0.2, -0.15) is 0 Å². The summed E-state index contributed by atoms with van der Waals surface area (Å²) >= 11 is 0. The first-order chi connectivity index (χ1) is 7.83. The van der Waals surface area contributed by atoms with Gasteiger partial charge in [0.15, 0.2) is 0 Å². The first-order valence-electron chi connectivity index (χ1n) is 6.35. The van der Waals surface area contributed by atoms with Gasteiger partial charge in [-0.3, -0.25) is 4.90 Å². The van der Waals surface area contributed by atoms with Crippen molar-refractivity contribution in [3.05, 3.63) is 35.9 Å². The minimum absolute atomic E-state index is 0.464. The highest BCUT2D eigenvalue weighted by Crippen LogP contribution is 2.37. The molecular weight excluding hydrogens is 196 g/mol. The molecule has 1 aliphatic carbocycles. The second kappa shape index (κ2) is 4.19. The van der Waals surface area contributed by atoms with Crippen LogP contribution in [0.5, 0.6) is 0 Å². The third kappa shape index (κ3) is 1.87. The molecule has 0 spiro atoms. The molecule has 3 atom stereocenters. The Balaban J connectivity index is 1.63. The maximum Gasteiger partial charge on any atom is 0.0233 e. The average molecular weight is 216 g/mol. The standard InChI is InChI=1S/C14H20N2/c15-14-7-6-12-9-16(10-13(12)14)8-11-4-2-1-3-5-11/h1-5,12-14H,6-10,15H2/t12?,13-,14?/m0/s1. The van der Waals surface area contributed by atoms with Crippen LogP contribution in [0.1, 0.15) is 18.4 Å². The molecule has 2 fully saturated rings. The van der Waals surface area contributed by atoms with E-state index in [2.05, 4.69) is 35.2 Å². The van der Waals surface area contributed by atoms with Crippen molar-refractivity contribution in [1.29, 1.82) is 0 Å². The largest absolute Gasteiger partial charge is 0.327 e. The van der Waals surface area contributed by atoms with E-state index < -0.39 is 0 Å². The Morgan fingerprint density at radius 3 is 2.69 bits per heavy atom. The Kier molecular flexibility index (Phi) is 2.70. The average Bonchev–Trinajstić information content (AvgIpc) is 2.83. The van der Waals surface area contributed by atoms with Gasteiger partial charge in [0.2, 0.25) is 0 Å². The van der Waals surface area contributed by atoms with Crippen molar-refractivity contribution in [2.75, 3.05) is 13.1 Å². The van der Waals surface area contributed by atoms with E-state index in [4.69, 9.17) is 5.73 Å². The summed E-state index contributed by atoms with van der Waals surface area (Å²) in [4.78, 5) is 2.57. The number of nitrogens with zero attached hydrogens (tertiary/aromatic N) is 1. The van der Waals surface area contributed by atoms with Crippen LogP contribution in [0, 0.1) is 11.8 Å². The third-order valence-corrected chi connectivity index (χ3v) is 4.24. The quantitative estimate of drug-likeness (QED) is 0.817. The zero-order chi connectivity index (χ0) is 11.0. The van der Waals surface area contributed by atoms with Crippen molar-refractivity contribution in [1.82, 2.24) is 4.90 Å². The smallest absolute Gasteiger partial charge is 0.0233 e. The van der Waals surface area contributed by atoms with Crippen molar-refractivity contribution < 1.29 is 0 Å². The SMILES string of the molecule is NC1CCC2CN(Cc3ccccc3)C[C@H]12. The van der Waals surface area contributed by atoms with E-state index >= 15 is 0 Å². The van der Waals surface area contributed by atoms with Gasteiger partial charge < -0.3 is 5.73 Å². The lowest BCUT2D eigenvalue weighted by Gasteiger charge is -2.18. The highest BCUT2D eigenvalue weighted by molar-refractivity contribution is 5.15. The van der Waals surface area contributed by atoms with Gasteiger partial charge in [0.05, 0.1) is 0 Å². The van der Waals surface area contributed by atoms with Crippen molar-refractivity contribution in [2.45, 2.75) is 25.4 Å². The highest BCUT2D eigenvalue weighted by Gasteiger charge is 2.40. The first-order valence-corrected chi connectivity index (χ1v) is 6.35. The molecule has 1 aromatic carbocycles. The summed E-state index contributed by atoms with van der Waals surface area (Å²) < 4.78 is 0. The molecule has 2 nitrogen and oxygen atoms in total. The van der Waals surface area contributed by atoms with E-state index in [1.54, 1.807) is 0 Å². The Morgan fingerprint density at radius 2 is 1.94 bits per heavy atom. The van der Waals surface area contributed by atoms with E-state index in [1.807, 2.05) is 0 Å². The fourth-order valence-corrected chi connectivity index (χ4v) is 3.37. The van der Waals surface area contributed by atoms with Gasteiger partial charge in [-0.1, -0.05) is 30.3 Å². The molecule has 1 saturated heterocycles. The predicted octanol–water partition coefficient (Wildman–Crippen LogP) is 1.86. The van der Waals surface area contributed by atoms with Crippen LogP contribution >= 0.6 is 0 Å². The molecule has 0 amide bonds. The lowest BCUT2D eigenvalue weighted by atomic mass is 9.98. The molecule has 2 heteroatoms. The number of nitrogens with two attached hydrogens (primary N) is 1. The molecule has 2 unspecified atom stereocenters. The zero-order valence-corrected chi connectivity index (χ0v) is 9.68. The van der Waals surface area contributed by atoms with E-state index in [0.29, 0.717) is 6.04 Å². The fourth-order valence-electron chi connectivity index (χ4n) is 3.37. The minimum Gasteiger partial charge on any atom is -0.327 e. The topological polar surface area (TPSA) is 29.3 Å². The molecule has 1 aliphatic heterocycles. The van der Waals surface area contributed by atoms with Crippen LogP contribution in [-0.2, 0) is 6.54 Å². The molecule has 1 heterocycles. The van der Waals surface area contributed by atoms with Gasteiger partial charge in [-0.25, -0.2) is 0 Å². The first kappa shape index (κ1) is 10.3. The lowest BCUT2D eigenvalue weighted by molar-refractivity contribution is 0.298. The highest BCUT2D eigenvalue weighted by atomic mass is 15.2. The third-order valence-electron chi connectivity index (χ3n) is 4.24. The Labute approximate surface area is 97.4 Å². The zero-order valence-electron chi connectivity index (χ0n) is 9.68. The number of likely N-dealkylation sites (tertiary alicyclic amines) is 1. The maximum atomic E-state index is 6.15. The molecule has 2 N–H and O–H groups in total. The summed E-state index contributed by atoms with van der Waals surface area (Å²) in [5.74, 6) is 1.64. The van der Waals surface area contributed by atoms with Crippen LogP contribution in [0.2, 0.25) is 0 Å². The monoisotopic (exact) mass is 216 g/mol. The van der Waals surface area contributed by atoms with Gasteiger partial charge in [-0.15, -0.1) is 0 Å². The van der Waals surface area contributed by atoms with Crippen LogP contribution in [-0.4, -0.2) is 24.0 Å². The van der Waals surface area contributed by atoms with E-state index in [9.17, 15) is 0 Å². The van der Waals surface area contributed by atoms with Crippen LogP contribution in [0.4, 0.5) is 0 Å². The number of rotatable bonds is 2. The number of hydrogen-bond donors (Lipinski definition) is 1. The second-order valence-electron chi connectivity index (χ2n) is 5.34. The summed E-state index contributed by atoms with van der Waals surface area (Å²) in [6.45, 7) is 3.56. The molecule has 2 aliphatic rings. The lowest BCUT2D eigenvalue weighted by Crippen LogP contribution is -2.30. The number of fused-ring (bicyclic) bond motifs is 1. The normalized spacial score (nSPS) is 34.2. The molecule has 0 bridgehead atoms. The molecule has 86 valence electrons. The molecule has 0 radical (unpaired) electrons. The predicted molar refractivity (Wildman–Crippen MR) is 65.9 cm³/mol. The molecule has 1 saturated carbocycles. The van der Waals surface area contributed by atoms with Crippen LogP contribution < -0.4 is 5.73 Å². The van der Waals surface area contributed by atoms with Gasteiger partial charge in [0.1, 0.15) is 0 Å². The molecule has 1 aromatic rings. The summed E-state index contributed by atoms with van der Waals surface area (Å²) in [5, 5.41) is 0. The minimum atomic E-state index is 0.464. The Hall–Kier alpha value is -0.860. The van der Waals surface area contributed by atoms with E-state index in [-0.39, 0.29) is 0 Å². The summed E-state index contributed by atoms with van der Waals surface area (Å²) in [5.41, 5.74) is 7.58. The van der Waals surface area contributed by atoms with Crippen LogP contribution in [0.3, 0.4) is 0 Å². The van der Waals surface area contributed by atoms with E-state index in [0.717, 1.165) is 18.4 Å². The van der Waals surface area contributed by atoms with Crippen molar-refractivity contribution >= 4 is 0 Å². The van der Waals surface area contributed by atoms with Crippen molar-refractivity contribution in [3.63, 3.8) is 0 Å². The van der Waals surface area contributed by atoms with Gasteiger partial charge in [0.25, 0.3) is 0 Å². The molecule has 0 aromatic heterocycles. The van der Waals surface area contributed by atoms with Crippen LogP contribution in [0.25, 0.3) is 0 Å². The molecular formula is C14H20N2. The maximum absolute atomic E-state index is 6.15. The van der Waals surface area contributed by atoms with Gasteiger partial charge in [-0.05, 0) is 30.2 Å². The fraction of sp³-hybridized carbons (Fsp3) is 0.571. The van der Waals surface area contributed by atoms with Gasteiger partial charge in [0, 0.05) is 25.7 Å². The van der Waals surface area contributed by atoms with Gasteiger partial charge >= 0.3 is 0 Å². The summed E-state index contributed by atoms with van der Waals surface area (Å²) in [6, 6.07) is 11.2. The number of hydrogen-bond acceptors (Lipinski definition) is 2. The van der Waals surface area contributed by atoms with Crippen molar-refractivity contribution in [2.24, 2.45) is 17.6 Å². The Morgan fingerprint density at radius 1 is 1.12 bits per heavy atom. The summed E-state index contributed by atoms with van der Waals surface area (Å²) in [7, 11) is 0. The second-order valence-corrected chi connectivity index (χ2v) is 5.34. The van der Waals surface area contributed by atoms with Crippen molar-refractivity contribution in [3.8, 4) is 0 Å².